The maximum absolute atomic E-state index is 5.55. The zero-order chi connectivity index (χ0) is 15.1. The van der Waals surface area contributed by atoms with E-state index in [0.29, 0.717) is 6.61 Å². The van der Waals surface area contributed by atoms with E-state index in [9.17, 15) is 0 Å². The number of hydrogen-bond acceptors (Lipinski definition) is 3. The van der Waals surface area contributed by atoms with E-state index in [1.165, 1.54) is 31.2 Å². The van der Waals surface area contributed by atoms with E-state index < -0.39 is 0 Å². The van der Waals surface area contributed by atoms with Gasteiger partial charge < -0.3 is 14.8 Å². The Morgan fingerprint density at radius 2 is 2.00 bits per heavy atom. The summed E-state index contributed by atoms with van der Waals surface area (Å²) in [6.07, 6.45) is 5.57. The Morgan fingerprint density at radius 1 is 1.19 bits per heavy atom. The van der Waals surface area contributed by atoms with E-state index in [1.54, 1.807) is 7.11 Å². The number of ether oxygens (including phenoxy) is 2. The predicted molar refractivity (Wildman–Crippen MR) is 87.0 cm³/mol. The van der Waals surface area contributed by atoms with Crippen molar-refractivity contribution in [3.05, 3.63) is 23.8 Å². The van der Waals surface area contributed by atoms with Crippen LogP contribution in [0.5, 0.6) is 11.5 Å². The monoisotopic (exact) mass is 291 g/mol. The standard InChI is InChI=1S/C18H29NO2/c1-4-21-17-10-9-15(11-18(17)20-3)12-19-13-16-8-6-5-7-14(16)2/h9-11,14,16,19H,4-8,12-13H2,1-3H3. The summed E-state index contributed by atoms with van der Waals surface area (Å²) in [6.45, 7) is 7.06. The minimum Gasteiger partial charge on any atom is -0.493 e. The van der Waals surface area contributed by atoms with Gasteiger partial charge in [0.2, 0.25) is 0 Å². The van der Waals surface area contributed by atoms with E-state index in [2.05, 4.69) is 24.4 Å². The number of benzene rings is 1. The van der Waals surface area contributed by atoms with Crippen molar-refractivity contribution in [1.29, 1.82) is 0 Å². The van der Waals surface area contributed by atoms with Gasteiger partial charge in [0.1, 0.15) is 0 Å². The topological polar surface area (TPSA) is 30.5 Å². The summed E-state index contributed by atoms with van der Waals surface area (Å²) < 4.78 is 11.0. The summed E-state index contributed by atoms with van der Waals surface area (Å²) in [5.41, 5.74) is 1.25. The summed E-state index contributed by atoms with van der Waals surface area (Å²) in [4.78, 5) is 0. The Kier molecular flexibility index (Phi) is 6.37. The first-order chi connectivity index (χ1) is 10.2. The highest BCUT2D eigenvalue weighted by molar-refractivity contribution is 5.42. The predicted octanol–water partition coefficient (Wildman–Crippen LogP) is 4.01. The van der Waals surface area contributed by atoms with Crippen LogP contribution in [0.25, 0.3) is 0 Å². The highest BCUT2D eigenvalue weighted by Crippen LogP contribution is 2.30. The maximum Gasteiger partial charge on any atom is 0.161 e. The van der Waals surface area contributed by atoms with Crippen molar-refractivity contribution in [1.82, 2.24) is 5.32 Å². The molecule has 2 unspecified atom stereocenters. The van der Waals surface area contributed by atoms with E-state index in [-0.39, 0.29) is 0 Å². The summed E-state index contributed by atoms with van der Waals surface area (Å²) in [5, 5.41) is 3.61. The Bertz CT molecular complexity index is 433. The normalized spacial score (nSPS) is 22.0. The van der Waals surface area contributed by atoms with Crippen molar-refractivity contribution in [2.75, 3.05) is 20.3 Å². The van der Waals surface area contributed by atoms with Crippen molar-refractivity contribution >= 4 is 0 Å². The molecule has 0 amide bonds. The summed E-state index contributed by atoms with van der Waals surface area (Å²) in [7, 11) is 1.69. The molecule has 3 heteroatoms. The molecule has 0 aliphatic heterocycles. The van der Waals surface area contributed by atoms with E-state index in [0.717, 1.165) is 36.4 Å². The second-order valence-corrected chi connectivity index (χ2v) is 6.07. The second-order valence-electron chi connectivity index (χ2n) is 6.07. The molecule has 1 fully saturated rings. The van der Waals surface area contributed by atoms with Gasteiger partial charge >= 0.3 is 0 Å². The van der Waals surface area contributed by atoms with Crippen molar-refractivity contribution in [3.8, 4) is 11.5 Å². The van der Waals surface area contributed by atoms with Gasteiger partial charge in [0.15, 0.2) is 11.5 Å². The van der Waals surface area contributed by atoms with Crippen LogP contribution in [0, 0.1) is 11.8 Å². The molecule has 0 aromatic heterocycles. The van der Waals surface area contributed by atoms with Crippen LogP contribution < -0.4 is 14.8 Å². The van der Waals surface area contributed by atoms with Gasteiger partial charge in [-0.25, -0.2) is 0 Å². The summed E-state index contributed by atoms with van der Waals surface area (Å²) in [6, 6.07) is 6.19. The van der Waals surface area contributed by atoms with Gasteiger partial charge in [0, 0.05) is 6.54 Å². The molecule has 1 saturated carbocycles. The first-order valence-electron chi connectivity index (χ1n) is 8.25. The van der Waals surface area contributed by atoms with Crippen LogP contribution in [0.4, 0.5) is 0 Å². The second kappa shape index (κ2) is 8.28. The zero-order valence-electron chi connectivity index (χ0n) is 13.7. The smallest absolute Gasteiger partial charge is 0.161 e. The van der Waals surface area contributed by atoms with E-state index >= 15 is 0 Å². The lowest BCUT2D eigenvalue weighted by Crippen LogP contribution is -2.29. The van der Waals surface area contributed by atoms with Crippen molar-refractivity contribution in [3.63, 3.8) is 0 Å². The molecule has 0 spiro atoms. The third-order valence-corrected chi connectivity index (χ3v) is 4.55. The molecule has 0 heterocycles. The zero-order valence-corrected chi connectivity index (χ0v) is 13.7. The van der Waals surface area contributed by atoms with Gasteiger partial charge in [-0.05, 0) is 49.4 Å². The van der Waals surface area contributed by atoms with Gasteiger partial charge in [0.25, 0.3) is 0 Å². The molecule has 21 heavy (non-hydrogen) atoms. The van der Waals surface area contributed by atoms with E-state index in [1.807, 2.05) is 13.0 Å². The molecule has 0 bridgehead atoms. The van der Waals surface area contributed by atoms with Crippen LogP contribution >= 0.6 is 0 Å². The maximum atomic E-state index is 5.55. The molecule has 1 aromatic carbocycles. The Balaban J connectivity index is 1.85. The average Bonchev–Trinajstić information content (AvgIpc) is 2.51. The number of methoxy groups -OCH3 is 1. The SMILES string of the molecule is CCOc1ccc(CNCC2CCCCC2C)cc1OC. The minimum absolute atomic E-state index is 0.660. The molecule has 2 rings (SSSR count). The quantitative estimate of drug-likeness (QED) is 0.823. The lowest BCUT2D eigenvalue weighted by molar-refractivity contribution is 0.247. The van der Waals surface area contributed by atoms with Gasteiger partial charge in [-0.15, -0.1) is 0 Å². The Hall–Kier alpha value is -1.22. The molecule has 0 saturated heterocycles. The molecule has 1 aromatic rings. The lowest BCUT2D eigenvalue weighted by atomic mass is 9.80. The highest BCUT2D eigenvalue weighted by atomic mass is 16.5. The third-order valence-electron chi connectivity index (χ3n) is 4.55. The molecule has 1 N–H and O–H groups in total. The fourth-order valence-corrected chi connectivity index (χ4v) is 3.19. The van der Waals surface area contributed by atoms with Gasteiger partial charge in [0.05, 0.1) is 13.7 Å². The summed E-state index contributed by atoms with van der Waals surface area (Å²) >= 11 is 0. The Morgan fingerprint density at radius 3 is 2.71 bits per heavy atom. The van der Waals surface area contributed by atoms with Crippen LogP contribution in [0.2, 0.25) is 0 Å². The lowest BCUT2D eigenvalue weighted by Gasteiger charge is -2.29. The fourth-order valence-electron chi connectivity index (χ4n) is 3.19. The van der Waals surface area contributed by atoms with E-state index in [4.69, 9.17) is 9.47 Å². The fraction of sp³-hybridized carbons (Fsp3) is 0.667. The van der Waals surface area contributed by atoms with Gasteiger partial charge in [-0.1, -0.05) is 32.3 Å². The van der Waals surface area contributed by atoms with Crippen LogP contribution in [0.1, 0.15) is 45.1 Å². The molecule has 3 nitrogen and oxygen atoms in total. The molecule has 1 aliphatic rings. The number of nitrogens with one attached hydrogen (secondary N) is 1. The third kappa shape index (κ3) is 4.63. The molecular weight excluding hydrogens is 262 g/mol. The first kappa shape index (κ1) is 16.2. The van der Waals surface area contributed by atoms with Gasteiger partial charge in [-0.2, -0.15) is 0 Å². The number of rotatable bonds is 7. The van der Waals surface area contributed by atoms with Crippen LogP contribution in [0.3, 0.4) is 0 Å². The minimum atomic E-state index is 0.660. The number of hydrogen-bond donors (Lipinski definition) is 1. The molecule has 1 aliphatic carbocycles. The first-order valence-corrected chi connectivity index (χ1v) is 8.25. The Labute approximate surface area is 129 Å². The van der Waals surface area contributed by atoms with Crippen LogP contribution in [0.15, 0.2) is 18.2 Å². The molecular formula is C18H29NO2. The van der Waals surface area contributed by atoms with Crippen LogP contribution in [-0.4, -0.2) is 20.3 Å². The average molecular weight is 291 g/mol. The molecule has 2 atom stereocenters. The van der Waals surface area contributed by atoms with Crippen LogP contribution in [-0.2, 0) is 6.54 Å². The largest absolute Gasteiger partial charge is 0.493 e. The van der Waals surface area contributed by atoms with Crippen molar-refractivity contribution < 1.29 is 9.47 Å². The molecule has 118 valence electrons. The summed E-state index contributed by atoms with van der Waals surface area (Å²) in [5.74, 6) is 3.34. The van der Waals surface area contributed by atoms with Gasteiger partial charge in [-0.3, -0.25) is 0 Å². The highest BCUT2D eigenvalue weighted by Gasteiger charge is 2.20. The molecule has 0 radical (unpaired) electrons. The van der Waals surface area contributed by atoms with Crippen molar-refractivity contribution in [2.45, 2.75) is 46.1 Å². The van der Waals surface area contributed by atoms with Crippen molar-refractivity contribution in [2.24, 2.45) is 11.8 Å².